The van der Waals surface area contributed by atoms with Gasteiger partial charge in [0.05, 0.1) is 5.92 Å². The number of amides is 2. The Kier molecular flexibility index (Phi) is 6.62. The maximum atomic E-state index is 12.5. The maximum Gasteiger partial charge on any atom is 0.311 e. The minimum Gasteiger partial charge on any atom is -0.457 e. The molecule has 2 amide bonds. The first-order valence-electron chi connectivity index (χ1n) is 10.8. The third kappa shape index (κ3) is 5.43. The van der Waals surface area contributed by atoms with E-state index in [9.17, 15) is 14.4 Å². The normalized spacial score (nSPS) is 15.3. The zero-order chi connectivity index (χ0) is 24.2. The Morgan fingerprint density at radius 1 is 1.06 bits per heavy atom. The second kappa shape index (κ2) is 9.78. The highest BCUT2D eigenvalue weighted by atomic mass is 16.5. The third-order valence-electron chi connectivity index (χ3n) is 5.56. The second-order valence-corrected chi connectivity index (χ2v) is 8.23. The maximum absolute atomic E-state index is 12.5. The SMILES string of the molecule is Cc1cc(NC(=O)COC(=O)[C@@H]2CC(=O)N(c3ccc(Oc4ccc(C)c(C)c4)cc3)C2)no1. The van der Waals surface area contributed by atoms with Crippen molar-refractivity contribution in [1.29, 1.82) is 0 Å². The Morgan fingerprint density at radius 3 is 2.47 bits per heavy atom. The monoisotopic (exact) mass is 463 g/mol. The van der Waals surface area contributed by atoms with Gasteiger partial charge in [-0.2, -0.15) is 0 Å². The summed E-state index contributed by atoms with van der Waals surface area (Å²) in [6.45, 7) is 5.46. The van der Waals surface area contributed by atoms with Crippen molar-refractivity contribution >= 4 is 29.3 Å². The molecule has 1 saturated heterocycles. The van der Waals surface area contributed by atoms with Crippen molar-refractivity contribution in [1.82, 2.24) is 5.16 Å². The van der Waals surface area contributed by atoms with E-state index >= 15 is 0 Å². The van der Waals surface area contributed by atoms with Crippen LogP contribution in [0.15, 0.2) is 53.1 Å². The minimum absolute atomic E-state index is 0.0177. The third-order valence-corrected chi connectivity index (χ3v) is 5.56. The van der Waals surface area contributed by atoms with E-state index in [1.807, 2.05) is 32.0 Å². The molecule has 0 aliphatic carbocycles. The molecule has 0 bridgehead atoms. The summed E-state index contributed by atoms with van der Waals surface area (Å²) < 4.78 is 15.8. The van der Waals surface area contributed by atoms with Gasteiger partial charge in [0, 0.05) is 24.7 Å². The van der Waals surface area contributed by atoms with Gasteiger partial charge in [0.15, 0.2) is 12.4 Å². The van der Waals surface area contributed by atoms with Gasteiger partial charge in [0.25, 0.3) is 5.91 Å². The van der Waals surface area contributed by atoms with E-state index in [-0.39, 0.29) is 24.7 Å². The molecule has 34 heavy (non-hydrogen) atoms. The van der Waals surface area contributed by atoms with Crippen LogP contribution < -0.4 is 15.0 Å². The van der Waals surface area contributed by atoms with Crippen LogP contribution in [0.25, 0.3) is 0 Å². The summed E-state index contributed by atoms with van der Waals surface area (Å²) >= 11 is 0. The first kappa shape index (κ1) is 23.0. The van der Waals surface area contributed by atoms with Gasteiger partial charge >= 0.3 is 5.97 Å². The zero-order valence-electron chi connectivity index (χ0n) is 19.2. The first-order valence-corrected chi connectivity index (χ1v) is 10.8. The largest absolute Gasteiger partial charge is 0.457 e. The molecule has 3 aromatic rings. The van der Waals surface area contributed by atoms with Crippen molar-refractivity contribution in [2.24, 2.45) is 5.92 Å². The predicted octanol–water partition coefficient (Wildman–Crippen LogP) is 3.93. The van der Waals surface area contributed by atoms with E-state index in [0.29, 0.717) is 17.2 Å². The van der Waals surface area contributed by atoms with Crippen molar-refractivity contribution in [3.05, 3.63) is 65.4 Å². The quantitative estimate of drug-likeness (QED) is 0.529. The van der Waals surface area contributed by atoms with Gasteiger partial charge in [-0.3, -0.25) is 14.4 Å². The van der Waals surface area contributed by atoms with E-state index in [4.69, 9.17) is 14.0 Å². The van der Waals surface area contributed by atoms with Crippen LogP contribution in [0.5, 0.6) is 11.5 Å². The van der Waals surface area contributed by atoms with Crippen molar-refractivity contribution in [2.75, 3.05) is 23.4 Å². The van der Waals surface area contributed by atoms with Gasteiger partial charge in [-0.25, -0.2) is 0 Å². The number of aryl methyl sites for hydroxylation is 3. The van der Waals surface area contributed by atoms with E-state index < -0.39 is 24.4 Å². The number of benzene rings is 2. The Labute approximate surface area is 196 Å². The Balaban J connectivity index is 1.30. The first-order chi connectivity index (χ1) is 16.3. The number of esters is 1. The second-order valence-electron chi connectivity index (χ2n) is 8.23. The van der Waals surface area contributed by atoms with Crippen molar-refractivity contribution in [2.45, 2.75) is 27.2 Å². The number of nitrogens with one attached hydrogen (secondary N) is 1. The average Bonchev–Trinajstić information content (AvgIpc) is 3.40. The fourth-order valence-corrected chi connectivity index (χ4v) is 3.58. The van der Waals surface area contributed by atoms with Crippen molar-refractivity contribution in [3.8, 4) is 11.5 Å². The Hall–Kier alpha value is -4.14. The van der Waals surface area contributed by atoms with Crippen LogP contribution in [0, 0.1) is 26.7 Å². The molecule has 1 fully saturated rings. The molecule has 2 heterocycles. The number of hydrogen-bond donors (Lipinski definition) is 1. The van der Waals surface area contributed by atoms with Crippen molar-refractivity contribution < 1.29 is 28.4 Å². The lowest BCUT2D eigenvalue weighted by Crippen LogP contribution is -2.28. The highest BCUT2D eigenvalue weighted by Gasteiger charge is 2.36. The van der Waals surface area contributed by atoms with Crippen LogP contribution >= 0.6 is 0 Å². The van der Waals surface area contributed by atoms with E-state index in [2.05, 4.69) is 10.5 Å². The van der Waals surface area contributed by atoms with Gasteiger partial charge in [0.2, 0.25) is 5.91 Å². The van der Waals surface area contributed by atoms with Crippen LogP contribution in [0.2, 0.25) is 0 Å². The number of rotatable bonds is 7. The zero-order valence-corrected chi connectivity index (χ0v) is 19.2. The summed E-state index contributed by atoms with van der Waals surface area (Å²) in [7, 11) is 0. The fraction of sp³-hybridized carbons (Fsp3) is 0.280. The molecule has 9 heteroatoms. The van der Waals surface area contributed by atoms with Crippen LogP contribution in [0.3, 0.4) is 0 Å². The molecule has 1 aliphatic rings. The van der Waals surface area contributed by atoms with Crippen LogP contribution in [-0.2, 0) is 19.1 Å². The molecule has 1 aromatic heterocycles. The van der Waals surface area contributed by atoms with Gasteiger partial charge < -0.3 is 24.2 Å². The Bertz CT molecular complexity index is 1220. The molecular formula is C25H25N3O6. The summed E-state index contributed by atoms with van der Waals surface area (Å²) in [6.07, 6.45) is 0.0177. The number of aromatic nitrogens is 1. The lowest BCUT2D eigenvalue weighted by atomic mass is 10.1. The molecule has 1 N–H and O–H groups in total. The fourth-order valence-electron chi connectivity index (χ4n) is 3.58. The van der Waals surface area contributed by atoms with E-state index in [1.54, 1.807) is 37.3 Å². The molecule has 1 atom stereocenters. The summed E-state index contributed by atoms with van der Waals surface area (Å²) in [4.78, 5) is 38.4. The summed E-state index contributed by atoms with van der Waals surface area (Å²) in [5.74, 6) is 0.182. The summed E-state index contributed by atoms with van der Waals surface area (Å²) in [5.41, 5.74) is 2.99. The summed E-state index contributed by atoms with van der Waals surface area (Å²) in [5, 5.41) is 6.11. The smallest absolute Gasteiger partial charge is 0.311 e. The molecule has 0 spiro atoms. The van der Waals surface area contributed by atoms with Crippen LogP contribution in [-0.4, -0.2) is 36.1 Å². The predicted molar refractivity (Wildman–Crippen MR) is 124 cm³/mol. The van der Waals surface area contributed by atoms with Crippen LogP contribution in [0.1, 0.15) is 23.3 Å². The van der Waals surface area contributed by atoms with Gasteiger partial charge in [0.1, 0.15) is 17.3 Å². The number of anilines is 2. The minimum atomic E-state index is -0.652. The number of carbonyl (C=O) groups is 3. The van der Waals surface area contributed by atoms with E-state index in [0.717, 1.165) is 11.3 Å². The average molecular weight is 463 g/mol. The van der Waals surface area contributed by atoms with Gasteiger partial charge in [-0.15, -0.1) is 0 Å². The van der Waals surface area contributed by atoms with Gasteiger partial charge in [-0.1, -0.05) is 11.2 Å². The number of hydrogen-bond acceptors (Lipinski definition) is 7. The molecule has 176 valence electrons. The molecule has 0 saturated carbocycles. The van der Waals surface area contributed by atoms with Gasteiger partial charge in [-0.05, 0) is 68.3 Å². The molecule has 1 aliphatic heterocycles. The molecule has 0 radical (unpaired) electrons. The lowest BCUT2D eigenvalue weighted by molar-refractivity contribution is -0.151. The Morgan fingerprint density at radius 2 is 1.79 bits per heavy atom. The molecular weight excluding hydrogens is 438 g/mol. The number of nitrogens with zero attached hydrogens (tertiary/aromatic N) is 2. The lowest BCUT2D eigenvalue weighted by Gasteiger charge is -2.17. The molecule has 9 nitrogen and oxygen atoms in total. The highest BCUT2D eigenvalue weighted by Crippen LogP contribution is 2.29. The van der Waals surface area contributed by atoms with Crippen molar-refractivity contribution in [3.63, 3.8) is 0 Å². The standard InChI is InChI=1S/C25H25N3O6/c1-15-4-7-21(10-16(15)2)33-20-8-5-19(6-9-20)28-13-18(12-24(28)30)25(31)32-14-23(29)26-22-11-17(3)34-27-22/h4-11,18H,12-14H2,1-3H3,(H,26,27,29)/t18-/m1/s1. The number of ether oxygens (including phenoxy) is 2. The van der Waals surface area contributed by atoms with Crippen LogP contribution in [0.4, 0.5) is 11.5 Å². The summed E-state index contributed by atoms with van der Waals surface area (Å²) in [6, 6.07) is 14.5. The molecule has 0 unspecified atom stereocenters. The highest BCUT2D eigenvalue weighted by molar-refractivity contribution is 6.00. The number of carbonyl (C=O) groups excluding carboxylic acids is 3. The molecule has 2 aromatic carbocycles. The topological polar surface area (TPSA) is 111 Å². The molecule has 4 rings (SSSR count). The van der Waals surface area contributed by atoms with E-state index in [1.165, 1.54) is 10.5 Å².